The summed E-state index contributed by atoms with van der Waals surface area (Å²) in [6, 6.07) is 5.70. The topological polar surface area (TPSA) is 33.0 Å². The summed E-state index contributed by atoms with van der Waals surface area (Å²) >= 11 is 7.32. The van der Waals surface area contributed by atoms with Crippen LogP contribution in [0.15, 0.2) is 18.2 Å². The maximum absolute atomic E-state index is 8.53. The van der Waals surface area contributed by atoms with Crippen molar-refractivity contribution < 1.29 is 4.74 Å². The Labute approximate surface area is 112 Å². The monoisotopic (exact) mass is 269 g/mol. The number of methoxy groups -OCH3 is 1. The van der Waals surface area contributed by atoms with E-state index in [9.17, 15) is 0 Å². The second-order valence-corrected chi connectivity index (χ2v) is 5.04. The first kappa shape index (κ1) is 14.2. The molecule has 0 aliphatic heterocycles. The van der Waals surface area contributed by atoms with Gasteiger partial charge in [0.05, 0.1) is 7.11 Å². The molecule has 0 fully saturated rings. The molecule has 0 spiro atoms. The van der Waals surface area contributed by atoms with Crippen molar-refractivity contribution in [2.45, 2.75) is 25.7 Å². The number of hydrogen-bond donors (Lipinski definition) is 0. The minimum absolute atomic E-state index is 0.393. The Morgan fingerprint density at radius 1 is 1.53 bits per heavy atom. The molecule has 0 aliphatic carbocycles. The van der Waals surface area contributed by atoms with Crippen molar-refractivity contribution in [3.63, 3.8) is 0 Å². The lowest BCUT2D eigenvalue weighted by molar-refractivity contribution is 0.404. The van der Waals surface area contributed by atoms with Crippen LogP contribution >= 0.6 is 23.4 Å². The number of rotatable bonds is 6. The van der Waals surface area contributed by atoms with Crippen molar-refractivity contribution in [2.75, 3.05) is 12.9 Å². The number of thioether (sulfide) groups is 1. The van der Waals surface area contributed by atoms with Crippen LogP contribution in [0.3, 0.4) is 0 Å². The van der Waals surface area contributed by atoms with Crippen molar-refractivity contribution in [1.82, 2.24) is 0 Å². The molecule has 0 aromatic heterocycles. The molecule has 0 radical (unpaired) electrons. The highest BCUT2D eigenvalue weighted by atomic mass is 35.5. The third-order valence-corrected chi connectivity index (χ3v) is 3.56. The van der Waals surface area contributed by atoms with Crippen molar-refractivity contribution in [3.8, 4) is 11.2 Å². The molecule has 0 saturated carbocycles. The van der Waals surface area contributed by atoms with Gasteiger partial charge in [-0.05, 0) is 54.3 Å². The summed E-state index contributed by atoms with van der Waals surface area (Å²) < 4.78 is 5.36. The molecule has 0 saturated heterocycles. The van der Waals surface area contributed by atoms with Crippen molar-refractivity contribution in [3.05, 3.63) is 28.8 Å². The molecule has 0 amide bonds. The van der Waals surface area contributed by atoms with Crippen LogP contribution < -0.4 is 4.74 Å². The Balaban J connectivity index is 2.86. The lowest BCUT2D eigenvalue weighted by Gasteiger charge is -2.18. The van der Waals surface area contributed by atoms with Crippen LogP contribution in [0.1, 0.15) is 31.2 Å². The van der Waals surface area contributed by atoms with Crippen molar-refractivity contribution >= 4 is 23.4 Å². The summed E-state index contributed by atoms with van der Waals surface area (Å²) in [6.07, 6.45) is 1.98. The molecular formula is C13H16ClNOS. The minimum Gasteiger partial charge on any atom is -0.496 e. The number of nitrogens with zero attached hydrogens (tertiary/aromatic N) is 1. The number of thiocyanates is 1. The van der Waals surface area contributed by atoms with Gasteiger partial charge in [-0.25, -0.2) is 0 Å². The maximum atomic E-state index is 8.53. The second kappa shape index (κ2) is 7.47. The normalized spacial score (nSPS) is 11.9. The Morgan fingerprint density at radius 3 is 2.88 bits per heavy atom. The van der Waals surface area contributed by atoms with Crippen LogP contribution in [0.25, 0.3) is 0 Å². The maximum Gasteiger partial charge on any atom is 0.133 e. The van der Waals surface area contributed by atoms with Gasteiger partial charge in [-0.2, -0.15) is 5.26 Å². The molecule has 0 heterocycles. The van der Waals surface area contributed by atoms with Crippen molar-refractivity contribution in [1.29, 1.82) is 5.26 Å². The first-order valence-electron chi connectivity index (χ1n) is 5.57. The van der Waals surface area contributed by atoms with E-state index in [2.05, 4.69) is 12.3 Å². The smallest absolute Gasteiger partial charge is 0.133 e. The largest absolute Gasteiger partial charge is 0.496 e. The lowest BCUT2D eigenvalue weighted by atomic mass is 9.93. The van der Waals surface area contributed by atoms with Gasteiger partial charge in [-0.15, -0.1) is 0 Å². The first-order chi connectivity index (χ1) is 8.22. The van der Waals surface area contributed by atoms with E-state index in [0.29, 0.717) is 5.92 Å². The molecule has 0 bridgehead atoms. The average Bonchev–Trinajstić information content (AvgIpc) is 2.35. The van der Waals surface area contributed by atoms with Crippen LogP contribution in [0.4, 0.5) is 0 Å². The number of halogens is 1. The summed E-state index contributed by atoms with van der Waals surface area (Å²) in [4.78, 5) is 0. The zero-order valence-electron chi connectivity index (χ0n) is 10.1. The van der Waals surface area contributed by atoms with E-state index in [4.69, 9.17) is 21.6 Å². The molecular weight excluding hydrogens is 254 g/mol. The predicted molar refractivity (Wildman–Crippen MR) is 73.7 cm³/mol. The fourth-order valence-electron chi connectivity index (χ4n) is 1.85. The SMILES string of the molecule is CCC(CCSC#N)c1cc(Cl)ccc1OC. The van der Waals surface area contributed by atoms with Crippen LogP contribution in [-0.2, 0) is 0 Å². The van der Waals surface area contributed by atoms with Crippen molar-refractivity contribution in [2.24, 2.45) is 0 Å². The third-order valence-electron chi connectivity index (χ3n) is 2.76. The molecule has 1 unspecified atom stereocenters. The predicted octanol–water partition coefficient (Wildman–Crippen LogP) is 4.45. The van der Waals surface area contributed by atoms with Gasteiger partial charge in [0, 0.05) is 10.8 Å². The molecule has 1 atom stereocenters. The summed E-state index contributed by atoms with van der Waals surface area (Å²) in [7, 11) is 1.67. The molecule has 0 N–H and O–H groups in total. The fourth-order valence-corrected chi connectivity index (χ4v) is 2.52. The molecule has 1 aromatic carbocycles. The number of nitriles is 1. The molecule has 17 heavy (non-hydrogen) atoms. The fraction of sp³-hybridized carbons (Fsp3) is 0.462. The minimum atomic E-state index is 0.393. The van der Waals surface area contributed by atoms with E-state index in [-0.39, 0.29) is 0 Å². The first-order valence-corrected chi connectivity index (χ1v) is 6.93. The van der Waals surface area contributed by atoms with Crippen LogP contribution in [-0.4, -0.2) is 12.9 Å². The van der Waals surface area contributed by atoms with E-state index >= 15 is 0 Å². The van der Waals surface area contributed by atoms with Gasteiger partial charge >= 0.3 is 0 Å². The third kappa shape index (κ3) is 4.14. The average molecular weight is 270 g/mol. The number of hydrogen-bond acceptors (Lipinski definition) is 3. The van der Waals surface area contributed by atoms with Gasteiger partial charge in [0.1, 0.15) is 11.2 Å². The summed E-state index contributed by atoms with van der Waals surface area (Å²) in [5.41, 5.74) is 1.14. The van der Waals surface area contributed by atoms with Crippen LogP contribution in [0.5, 0.6) is 5.75 Å². The van der Waals surface area contributed by atoms with Gasteiger partial charge < -0.3 is 4.74 Å². The standard InChI is InChI=1S/C13H16ClNOS/c1-3-10(6-7-17-9-15)12-8-11(14)4-5-13(12)16-2/h4-5,8,10H,3,6-7H2,1-2H3. The quantitative estimate of drug-likeness (QED) is 0.565. The Hall–Kier alpha value is -0.850. The molecule has 1 rings (SSSR count). The summed E-state index contributed by atoms with van der Waals surface area (Å²) in [6.45, 7) is 2.14. The summed E-state index contributed by atoms with van der Waals surface area (Å²) in [5.74, 6) is 2.11. The zero-order valence-corrected chi connectivity index (χ0v) is 11.6. The van der Waals surface area contributed by atoms with Gasteiger partial charge in [0.2, 0.25) is 0 Å². The van der Waals surface area contributed by atoms with Gasteiger partial charge in [-0.1, -0.05) is 18.5 Å². The Morgan fingerprint density at radius 2 is 2.29 bits per heavy atom. The molecule has 4 heteroatoms. The highest BCUT2D eigenvalue weighted by Crippen LogP contribution is 2.34. The van der Waals surface area contributed by atoms with Gasteiger partial charge in [0.25, 0.3) is 0 Å². The molecule has 0 aliphatic rings. The molecule has 2 nitrogen and oxygen atoms in total. The van der Waals surface area contributed by atoms with E-state index in [1.54, 1.807) is 7.11 Å². The van der Waals surface area contributed by atoms with Gasteiger partial charge in [0.15, 0.2) is 0 Å². The highest BCUT2D eigenvalue weighted by Gasteiger charge is 2.14. The van der Waals surface area contributed by atoms with Gasteiger partial charge in [-0.3, -0.25) is 0 Å². The van der Waals surface area contributed by atoms with E-state index in [1.807, 2.05) is 18.2 Å². The van der Waals surface area contributed by atoms with Crippen LogP contribution in [0, 0.1) is 10.7 Å². The van der Waals surface area contributed by atoms with E-state index in [0.717, 1.165) is 34.9 Å². The van der Waals surface area contributed by atoms with Crippen LogP contribution in [0.2, 0.25) is 5.02 Å². The Bertz CT molecular complexity index is 403. The number of benzene rings is 1. The van der Waals surface area contributed by atoms with E-state index in [1.165, 1.54) is 11.8 Å². The summed E-state index contributed by atoms with van der Waals surface area (Å²) in [5, 5.41) is 11.4. The molecule has 92 valence electrons. The molecule has 1 aromatic rings. The highest BCUT2D eigenvalue weighted by molar-refractivity contribution is 8.03. The Kier molecular flexibility index (Phi) is 6.25. The zero-order chi connectivity index (χ0) is 12.7. The second-order valence-electron chi connectivity index (χ2n) is 3.72. The number of ether oxygens (including phenoxy) is 1. The lowest BCUT2D eigenvalue weighted by Crippen LogP contribution is -2.02. The van der Waals surface area contributed by atoms with E-state index < -0.39 is 0 Å².